The number of nitrogens with zero attached hydrogens (tertiary/aromatic N) is 1. The lowest BCUT2D eigenvalue weighted by atomic mass is 10.2. The van der Waals surface area contributed by atoms with E-state index in [2.05, 4.69) is 10.3 Å². The number of hydrogen-bond donors (Lipinski definition) is 3. The maximum atomic E-state index is 11.3. The first-order valence-corrected chi connectivity index (χ1v) is 4.77. The Bertz CT molecular complexity index is 329. The zero-order valence-electron chi connectivity index (χ0n) is 7.98. The number of aliphatic hydroxyl groups excluding tert-OH is 1. The highest BCUT2D eigenvalue weighted by Crippen LogP contribution is 2.09. The Hall–Kier alpha value is -1.17. The van der Waals surface area contributed by atoms with E-state index >= 15 is 0 Å². The lowest BCUT2D eigenvalue weighted by Crippen LogP contribution is -2.30. The van der Waals surface area contributed by atoms with Gasteiger partial charge in [-0.05, 0) is 12.1 Å². The first-order valence-electron chi connectivity index (χ1n) is 4.39. The van der Waals surface area contributed by atoms with E-state index < -0.39 is 6.04 Å². The first kappa shape index (κ1) is 11.9. The molecule has 0 saturated heterocycles. The molecular formula is C9H12ClN3O2. The summed E-state index contributed by atoms with van der Waals surface area (Å²) in [7, 11) is 0. The van der Waals surface area contributed by atoms with Gasteiger partial charge in [-0.2, -0.15) is 0 Å². The number of hydrogen-bond acceptors (Lipinski definition) is 4. The molecule has 1 amide bonds. The molecule has 0 saturated carbocycles. The van der Waals surface area contributed by atoms with Gasteiger partial charge in [-0.3, -0.25) is 4.79 Å². The second-order valence-electron chi connectivity index (χ2n) is 3.06. The van der Waals surface area contributed by atoms with E-state index in [0.29, 0.717) is 10.8 Å². The number of anilines is 1. The maximum Gasteiger partial charge on any atom is 0.226 e. The van der Waals surface area contributed by atoms with E-state index in [-0.39, 0.29) is 18.9 Å². The molecule has 0 fully saturated rings. The van der Waals surface area contributed by atoms with Gasteiger partial charge in [0.25, 0.3) is 0 Å². The molecule has 4 N–H and O–H groups in total. The topological polar surface area (TPSA) is 88.2 Å². The van der Waals surface area contributed by atoms with Crippen LogP contribution >= 0.6 is 11.6 Å². The Morgan fingerprint density at radius 1 is 1.67 bits per heavy atom. The zero-order valence-corrected chi connectivity index (χ0v) is 8.74. The van der Waals surface area contributed by atoms with Gasteiger partial charge in [0.2, 0.25) is 5.91 Å². The number of nitrogens with one attached hydrogen (secondary N) is 1. The summed E-state index contributed by atoms with van der Waals surface area (Å²) in [6.45, 7) is -0.216. The number of halogens is 1. The molecule has 6 heteroatoms. The SMILES string of the molecule is N[C@H](CO)CC(=O)Nc1ccc(Cl)nc1. The van der Waals surface area contributed by atoms with Crippen molar-refractivity contribution >= 4 is 23.2 Å². The van der Waals surface area contributed by atoms with E-state index in [0.717, 1.165) is 0 Å². The Morgan fingerprint density at radius 3 is 2.93 bits per heavy atom. The number of rotatable bonds is 4. The monoisotopic (exact) mass is 229 g/mol. The Kier molecular flexibility index (Phi) is 4.48. The Balaban J connectivity index is 2.48. The van der Waals surface area contributed by atoms with Crippen LogP contribution in [0, 0.1) is 0 Å². The quantitative estimate of drug-likeness (QED) is 0.652. The van der Waals surface area contributed by atoms with E-state index in [1.54, 1.807) is 12.1 Å². The highest BCUT2D eigenvalue weighted by molar-refractivity contribution is 6.29. The molecule has 0 radical (unpaired) electrons. The van der Waals surface area contributed by atoms with Crippen LogP contribution in [-0.4, -0.2) is 28.6 Å². The van der Waals surface area contributed by atoms with Crippen LogP contribution in [0.2, 0.25) is 5.15 Å². The van der Waals surface area contributed by atoms with Gasteiger partial charge in [-0.1, -0.05) is 11.6 Å². The van der Waals surface area contributed by atoms with Crippen molar-refractivity contribution in [1.29, 1.82) is 0 Å². The third-order valence-corrected chi connectivity index (χ3v) is 1.92. The summed E-state index contributed by atoms with van der Waals surface area (Å²) in [6, 6.07) is 2.67. The van der Waals surface area contributed by atoms with Crippen LogP contribution < -0.4 is 11.1 Å². The lowest BCUT2D eigenvalue weighted by molar-refractivity contribution is -0.116. The van der Waals surface area contributed by atoms with E-state index in [1.165, 1.54) is 6.20 Å². The van der Waals surface area contributed by atoms with E-state index in [4.69, 9.17) is 22.4 Å². The van der Waals surface area contributed by atoms with Gasteiger partial charge in [0.1, 0.15) is 5.15 Å². The molecular weight excluding hydrogens is 218 g/mol. The predicted octanol–water partition coefficient (Wildman–Crippen LogP) is 0.383. The van der Waals surface area contributed by atoms with Crippen molar-refractivity contribution in [2.45, 2.75) is 12.5 Å². The largest absolute Gasteiger partial charge is 0.395 e. The molecule has 1 heterocycles. The maximum absolute atomic E-state index is 11.3. The molecule has 1 aromatic heterocycles. The summed E-state index contributed by atoms with van der Waals surface area (Å²) in [5, 5.41) is 11.6. The van der Waals surface area contributed by atoms with Crippen molar-refractivity contribution in [2.24, 2.45) is 5.73 Å². The van der Waals surface area contributed by atoms with Crippen LogP contribution in [0.25, 0.3) is 0 Å². The second kappa shape index (κ2) is 5.65. The fourth-order valence-corrected chi connectivity index (χ4v) is 1.08. The van der Waals surface area contributed by atoms with Gasteiger partial charge in [-0.15, -0.1) is 0 Å². The van der Waals surface area contributed by atoms with Gasteiger partial charge < -0.3 is 16.2 Å². The number of aliphatic hydroxyl groups is 1. The second-order valence-corrected chi connectivity index (χ2v) is 3.45. The molecule has 15 heavy (non-hydrogen) atoms. The number of aromatic nitrogens is 1. The minimum atomic E-state index is -0.537. The average Bonchev–Trinajstić information content (AvgIpc) is 2.21. The summed E-state index contributed by atoms with van der Waals surface area (Å²) in [6.07, 6.45) is 1.52. The number of carbonyl (C=O) groups is 1. The van der Waals surface area contributed by atoms with Crippen LogP contribution in [0.3, 0.4) is 0 Å². The third kappa shape index (κ3) is 4.24. The van der Waals surface area contributed by atoms with Gasteiger partial charge in [0.15, 0.2) is 0 Å². The molecule has 0 bridgehead atoms. The van der Waals surface area contributed by atoms with Crippen LogP contribution in [-0.2, 0) is 4.79 Å². The van der Waals surface area contributed by atoms with Crippen molar-refractivity contribution < 1.29 is 9.90 Å². The van der Waals surface area contributed by atoms with Crippen molar-refractivity contribution in [3.05, 3.63) is 23.5 Å². The fraction of sp³-hybridized carbons (Fsp3) is 0.333. The summed E-state index contributed by atoms with van der Waals surface area (Å²) in [5.74, 6) is -0.263. The van der Waals surface area contributed by atoms with Gasteiger partial charge in [0.05, 0.1) is 18.5 Å². The summed E-state index contributed by atoms with van der Waals surface area (Å²) < 4.78 is 0. The average molecular weight is 230 g/mol. The van der Waals surface area contributed by atoms with Gasteiger partial charge >= 0.3 is 0 Å². The number of pyridine rings is 1. The van der Waals surface area contributed by atoms with Crippen molar-refractivity contribution in [3.8, 4) is 0 Å². The summed E-state index contributed by atoms with van der Waals surface area (Å²) in [4.78, 5) is 15.1. The van der Waals surface area contributed by atoms with Crippen LogP contribution in [0.1, 0.15) is 6.42 Å². The summed E-state index contributed by atoms with van der Waals surface area (Å²) in [5.41, 5.74) is 5.95. The molecule has 5 nitrogen and oxygen atoms in total. The van der Waals surface area contributed by atoms with Gasteiger partial charge in [0, 0.05) is 12.5 Å². The van der Waals surface area contributed by atoms with Gasteiger partial charge in [-0.25, -0.2) is 4.98 Å². The zero-order chi connectivity index (χ0) is 11.3. The van der Waals surface area contributed by atoms with Crippen molar-refractivity contribution in [3.63, 3.8) is 0 Å². The Labute approximate surface area is 92.3 Å². The molecule has 0 aliphatic carbocycles. The minimum Gasteiger partial charge on any atom is -0.395 e. The standard InChI is InChI=1S/C9H12ClN3O2/c10-8-2-1-7(4-12-8)13-9(15)3-6(11)5-14/h1-2,4,6,14H,3,5,11H2,(H,13,15)/t6-/m0/s1. The number of nitrogens with two attached hydrogens (primary N) is 1. The van der Waals surface area contributed by atoms with Crippen LogP contribution in [0.4, 0.5) is 5.69 Å². The molecule has 1 atom stereocenters. The minimum absolute atomic E-state index is 0.0686. The van der Waals surface area contributed by atoms with Crippen molar-refractivity contribution in [2.75, 3.05) is 11.9 Å². The Morgan fingerprint density at radius 2 is 2.40 bits per heavy atom. The molecule has 1 aromatic rings. The lowest BCUT2D eigenvalue weighted by Gasteiger charge is -2.08. The third-order valence-electron chi connectivity index (χ3n) is 1.69. The van der Waals surface area contributed by atoms with Crippen molar-refractivity contribution in [1.82, 2.24) is 4.98 Å². The molecule has 1 rings (SSSR count). The molecule has 82 valence electrons. The first-order chi connectivity index (χ1) is 7.11. The van der Waals surface area contributed by atoms with Crippen LogP contribution in [0.15, 0.2) is 18.3 Å². The number of amides is 1. The molecule has 0 aromatic carbocycles. The smallest absolute Gasteiger partial charge is 0.226 e. The molecule has 0 aliphatic heterocycles. The fourth-order valence-electron chi connectivity index (χ4n) is 0.964. The normalized spacial score (nSPS) is 12.2. The molecule has 0 unspecified atom stereocenters. The van der Waals surface area contributed by atoms with E-state index in [1.807, 2.05) is 0 Å². The predicted molar refractivity (Wildman–Crippen MR) is 57.6 cm³/mol. The highest BCUT2D eigenvalue weighted by Gasteiger charge is 2.08. The molecule has 0 spiro atoms. The van der Waals surface area contributed by atoms with Crippen LogP contribution in [0.5, 0.6) is 0 Å². The number of carbonyl (C=O) groups excluding carboxylic acids is 1. The molecule has 0 aliphatic rings. The van der Waals surface area contributed by atoms with E-state index in [9.17, 15) is 4.79 Å². The highest BCUT2D eigenvalue weighted by atomic mass is 35.5. The summed E-state index contributed by atoms with van der Waals surface area (Å²) >= 11 is 5.58.